The first-order valence-electron chi connectivity index (χ1n) is 10.3. The van der Waals surface area contributed by atoms with Gasteiger partial charge in [0.2, 0.25) is 0 Å². The molecule has 0 radical (unpaired) electrons. The zero-order chi connectivity index (χ0) is 19.9. The summed E-state index contributed by atoms with van der Waals surface area (Å²) in [5.41, 5.74) is 4.42. The highest BCUT2D eigenvalue weighted by Crippen LogP contribution is 2.28. The number of benzene rings is 1. The second-order valence-corrected chi connectivity index (χ2v) is 7.51. The molecule has 6 nitrogen and oxygen atoms in total. The van der Waals surface area contributed by atoms with Gasteiger partial charge in [0.25, 0.3) is 0 Å². The summed E-state index contributed by atoms with van der Waals surface area (Å²) in [5, 5.41) is 8.11. The molecular formula is C22H33N5O. The summed E-state index contributed by atoms with van der Waals surface area (Å²) in [7, 11) is 2.06. The summed E-state index contributed by atoms with van der Waals surface area (Å²) in [6.07, 6.45) is 2.66. The Morgan fingerprint density at radius 2 is 2.04 bits per heavy atom. The summed E-state index contributed by atoms with van der Waals surface area (Å²) in [6, 6.07) is 10.2. The van der Waals surface area contributed by atoms with Crippen LogP contribution in [0.5, 0.6) is 0 Å². The molecule has 0 aliphatic heterocycles. The highest BCUT2D eigenvalue weighted by Gasteiger charge is 2.21. The van der Waals surface area contributed by atoms with Crippen LogP contribution >= 0.6 is 0 Å². The lowest BCUT2D eigenvalue weighted by molar-refractivity contribution is 0.115. The smallest absolute Gasteiger partial charge is 0.194 e. The van der Waals surface area contributed by atoms with Crippen molar-refractivity contribution in [2.75, 3.05) is 33.4 Å². The van der Waals surface area contributed by atoms with Crippen LogP contribution in [0.15, 0.2) is 35.3 Å². The SMILES string of the molecule is CCNC(=NCc1c(C)nn(-c2ccccc2)c1C)N(C)CCOCC1CC1. The lowest BCUT2D eigenvalue weighted by Crippen LogP contribution is -2.40. The molecule has 0 unspecified atom stereocenters. The molecule has 6 heteroatoms. The fraction of sp³-hybridized carbons (Fsp3) is 0.545. The number of aliphatic imine (C=N–C) groups is 1. The third-order valence-electron chi connectivity index (χ3n) is 5.15. The number of nitrogens with one attached hydrogen (secondary N) is 1. The Morgan fingerprint density at radius 3 is 2.71 bits per heavy atom. The predicted octanol–water partition coefficient (Wildman–Crippen LogP) is 3.31. The first-order valence-corrected chi connectivity index (χ1v) is 10.3. The minimum absolute atomic E-state index is 0.611. The number of ether oxygens (including phenoxy) is 1. The fourth-order valence-electron chi connectivity index (χ4n) is 3.19. The molecule has 1 aliphatic rings. The van der Waals surface area contributed by atoms with Gasteiger partial charge in [0.1, 0.15) is 0 Å². The van der Waals surface area contributed by atoms with Crippen LogP contribution in [0.1, 0.15) is 36.7 Å². The quantitative estimate of drug-likeness (QED) is 0.410. The molecule has 0 spiro atoms. The maximum absolute atomic E-state index is 5.77. The Balaban J connectivity index is 1.65. The van der Waals surface area contributed by atoms with Crippen molar-refractivity contribution in [1.29, 1.82) is 0 Å². The van der Waals surface area contributed by atoms with E-state index in [9.17, 15) is 0 Å². The van der Waals surface area contributed by atoms with E-state index in [1.807, 2.05) is 22.9 Å². The number of aryl methyl sites for hydroxylation is 1. The van der Waals surface area contributed by atoms with E-state index in [0.29, 0.717) is 6.54 Å². The summed E-state index contributed by atoms with van der Waals surface area (Å²) in [5.74, 6) is 1.71. The molecule has 0 atom stereocenters. The van der Waals surface area contributed by atoms with Crippen LogP contribution < -0.4 is 5.32 Å². The minimum atomic E-state index is 0.611. The van der Waals surface area contributed by atoms with Gasteiger partial charge in [-0.05, 0) is 51.7 Å². The van der Waals surface area contributed by atoms with Crippen molar-refractivity contribution >= 4 is 5.96 Å². The first kappa shape index (κ1) is 20.4. The van der Waals surface area contributed by atoms with Crippen molar-refractivity contribution in [3.63, 3.8) is 0 Å². The van der Waals surface area contributed by atoms with Crippen LogP contribution in [0.2, 0.25) is 0 Å². The standard InChI is InChI=1S/C22H33N5O/c1-5-23-22(26(4)13-14-28-16-19-11-12-19)24-15-21-17(2)25-27(18(21)3)20-9-7-6-8-10-20/h6-10,19H,5,11-16H2,1-4H3,(H,23,24). The van der Waals surface area contributed by atoms with E-state index < -0.39 is 0 Å². The second kappa shape index (κ2) is 9.73. The first-order chi connectivity index (χ1) is 13.6. The minimum Gasteiger partial charge on any atom is -0.379 e. The van der Waals surface area contributed by atoms with Crippen LogP contribution in [-0.2, 0) is 11.3 Å². The van der Waals surface area contributed by atoms with Gasteiger partial charge in [0.15, 0.2) is 5.96 Å². The van der Waals surface area contributed by atoms with Gasteiger partial charge in [-0.2, -0.15) is 5.10 Å². The van der Waals surface area contributed by atoms with Crippen molar-refractivity contribution < 1.29 is 4.74 Å². The maximum Gasteiger partial charge on any atom is 0.194 e. The van der Waals surface area contributed by atoms with Crippen LogP contribution in [0, 0.1) is 19.8 Å². The molecule has 1 aliphatic carbocycles. The molecule has 1 aromatic heterocycles. The van der Waals surface area contributed by atoms with Crippen LogP contribution in [0.25, 0.3) is 5.69 Å². The molecule has 152 valence electrons. The third-order valence-corrected chi connectivity index (χ3v) is 5.15. The second-order valence-electron chi connectivity index (χ2n) is 7.51. The Kier molecular flexibility index (Phi) is 7.09. The molecule has 3 rings (SSSR count). The highest BCUT2D eigenvalue weighted by atomic mass is 16.5. The number of rotatable bonds is 9. The van der Waals surface area contributed by atoms with E-state index >= 15 is 0 Å². The number of guanidine groups is 1. The molecule has 0 saturated heterocycles. The summed E-state index contributed by atoms with van der Waals surface area (Å²) in [6.45, 7) is 10.2. The van der Waals surface area contributed by atoms with Crippen molar-refractivity contribution in [1.82, 2.24) is 20.0 Å². The predicted molar refractivity (Wildman–Crippen MR) is 114 cm³/mol. The summed E-state index contributed by atoms with van der Waals surface area (Å²) < 4.78 is 7.77. The Bertz CT molecular complexity index is 780. The molecule has 1 N–H and O–H groups in total. The van der Waals surface area contributed by atoms with Gasteiger partial charge < -0.3 is 15.0 Å². The molecular weight excluding hydrogens is 350 g/mol. The number of hydrogen-bond donors (Lipinski definition) is 1. The van der Waals surface area contributed by atoms with Crippen LogP contribution in [0.4, 0.5) is 0 Å². The van der Waals surface area contributed by atoms with Gasteiger partial charge in [-0.3, -0.25) is 0 Å². The van der Waals surface area contributed by atoms with Crippen molar-refractivity contribution in [2.24, 2.45) is 10.9 Å². The maximum atomic E-state index is 5.77. The van der Waals surface area contributed by atoms with Gasteiger partial charge in [0.05, 0.1) is 24.5 Å². The molecule has 1 fully saturated rings. The largest absolute Gasteiger partial charge is 0.379 e. The van der Waals surface area contributed by atoms with Crippen LogP contribution in [0.3, 0.4) is 0 Å². The Hall–Kier alpha value is -2.34. The number of nitrogens with zero attached hydrogens (tertiary/aromatic N) is 4. The molecule has 1 saturated carbocycles. The van der Waals surface area contributed by atoms with Gasteiger partial charge in [-0.1, -0.05) is 18.2 Å². The van der Waals surface area contributed by atoms with E-state index in [0.717, 1.165) is 55.3 Å². The normalized spacial score (nSPS) is 14.4. The van der Waals surface area contributed by atoms with Gasteiger partial charge >= 0.3 is 0 Å². The van der Waals surface area contributed by atoms with Gasteiger partial charge in [-0.15, -0.1) is 0 Å². The van der Waals surface area contributed by atoms with Crippen molar-refractivity contribution in [3.05, 3.63) is 47.3 Å². The number of likely N-dealkylation sites (N-methyl/N-ethyl adjacent to an activating group) is 1. The summed E-state index contributed by atoms with van der Waals surface area (Å²) in [4.78, 5) is 7.00. The zero-order valence-electron chi connectivity index (χ0n) is 17.6. The number of hydrogen-bond acceptors (Lipinski definition) is 3. The topological polar surface area (TPSA) is 54.7 Å². The van der Waals surface area contributed by atoms with E-state index in [1.54, 1.807) is 0 Å². The molecule has 1 aromatic carbocycles. The zero-order valence-corrected chi connectivity index (χ0v) is 17.6. The molecule has 0 amide bonds. The van der Waals surface area contributed by atoms with Crippen molar-refractivity contribution in [3.8, 4) is 5.69 Å². The van der Waals surface area contributed by atoms with E-state index in [2.05, 4.69) is 50.2 Å². The van der Waals surface area contributed by atoms with Gasteiger partial charge in [-0.25, -0.2) is 9.67 Å². The Morgan fingerprint density at radius 1 is 1.29 bits per heavy atom. The number of aromatic nitrogens is 2. The lowest BCUT2D eigenvalue weighted by atomic mass is 10.2. The van der Waals surface area contributed by atoms with E-state index in [-0.39, 0.29) is 0 Å². The molecule has 1 heterocycles. The molecule has 28 heavy (non-hydrogen) atoms. The lowest BCUT2D eigenvalue weighted by Gasteiger charge is -2.22. The average Bonchev–Trinajstić information content (AvgIpc) is 3.48. The fourth-order valence-corrected chi connectivity index (χ4v) is 3.19. The van der Waals surface area contributed by atoms with E-state index in [4.69, 9.17) is 14.8 Å². The van der Waals surface area contributed by atoms with Crippen LogP contribution in [-0.4, -0.2) is 54.0 Å². The molecule has 0 bridgehead atoms. The summed E-state index contributed by atoms with van der Waals surface area (Å²) >= 11 is 0. The van der Waals surface area contributed by atoms with E-state index in [1.165, 1.54) is 18.4 Å². The van der Waals surface area contributed by atoms with Gasteiger partial charge in [0, 0.05) is 38.0 Å². The average molecular weight is 384 g/mol. The monoisotopic (exact) mass is 383 g/mol. The van der Waals surface area contributed by atoms with Crippen molar-refractivity contribution in [2.45, 2.75) is 40.2 Å². The molecule has 2 aromatic rings. The Labute approximate surface area is 168 Å². The highest BCUT2D eigenvalue weighted by molar-refractivity contribution is 5.79. The number of para-hydroxylation sites is 1. The third kappa shape index (κ3) is 5.35.